The zero-order chi connectivity index (χ0) is 18.3. The number of nitrogens with zero attached hydrogens (tertiary/aromatic N) is 2. The van der Waals surface area contributed by atoms with Gasteiger partial charge in [-0.1, -0.05) is 6.07 Å². The molecule has 26 heavy (non-hydrogen) atoms. The summed E-state index contributed by atoms with van der Waals surface area (Å²) in [6.07, 6.45) is 0.464. The third-order valence-corrected chi connectivity index (χ3v) is 5.35. The Bertz CT molecular complexity index is 776. The fraction of sp³-hybridized carbons (Fsp3) is 0.500. The molecule has 2 fully saturated rings. The van der Waals surface area contributed by atoms with Crippen LogP contribution in [0.2, 0.25) is 0 Å². The van der Waals surface area contributed by atoms with E-state index in [2.05, 4.69) is 15.5 Å². The molecule has 0 spiro atoms. The van der Waals surface area contributed by atoms with Crippen LogP contribution in [-0.4, -0.2) is 59.7 Å². The van der Waals surface area contributed by atoms with Gasteiger partial charge < -0.3 is 10.2 Å². The minimum Gasteiger partial charge on any atom is -0.322 e. The van der Waals surface area contributed by atoms with Gasteiger partial charge in [0.2, 0.25) is 11.8 Å². The average Bonchev–Trinajstić information content (AvgIpc) is 2.97. The highest BCUT2D eigenvalue weighted by atomic mass is 19.1. The molecule has 1 atom stereocenters. The van der Waals surface area contributed by atoms with Crippen LogP contribution < -0.4 is 10.6 Å². The largest absolute Gasteiger partial charge is 0.322 e. The number of imide groups is 1. The normalized spacial score (nSPS) is 24.0. The number of piperazine rings is 1. The molecular weight excluding hydrogens is 339 g/mol. The Morgan fingerprint density at radius 3 is 2.65 bits per heavy atom. The van der Waals surface area contributed by atoms with Gasteiger partial charge in [0.1, 0.15) is 11.9 Å². The van der Waals surface area contributed by atoms with Crippen molar-refractivity contribution in [1.29, 1.82) is 0 Å². The van der Waals surface area contributed by atoms with E-state index in [0.29, 0.717) is 12.1 Å². The maximum absolute atomic E-state index is 14.4. The molecule has 1 aromatic carbocycles. The SMILES string of the molecule is O=C1CCC(N2Cc3c(CN4CCNCC4)ccc(F)c3C2=O)C(=O)N1. The number of carbonyl (C=O) groups is 3. The topological polar surface area (TPSA) is 81.8 Å². The van der Waals surface area contributed by atoms with Crippen molar-refractivity contribution in [2.24, 2.45) is 0 Å². The number of hydrogen-bond acceptors (Lipinski definition) is 5. The second kappa shape index (κ2) is 6.77. The van der Waals surface area contributed by atoms with Crippen LogP contribution in [0.3, 0.4) is 0 Å². The fourth-order valence-corrected chi connectivity index (χ4v) is 3.95. The molecule has 2 saturated heterocycles. The van der Waals surface area contributed by atoms with Gasteiger partial charge in [0, 0.05) is 45.7 Å². The van der Waals surface area contributed by atoms with Crippen LogP contribution in [0.15, 0.2) is 12.1 Å². The van der Waals surface area contributed by atoms with Crippen molar-refractivity contribution in [1.82, 2.24) is 20.4 Å². The standard InChI is InChI=1S/C18H21FN4O3/c19-13-2-1-11(9-22-7-5-20-6-8-22)12-10-23(18(26)16(12)13)14-3-4-15(24)21-17(14)25/h1-2,14,20H,3-10H2,(H,21,24,25). The van der Waals surface area contributed by atoms with Gasteiger partial charge in [-0.2, -0.15) is 0 Å². The quantitative estimate of drug-likeness (QED) is 0.741. The van der Waals surface area contributed by atoms with E-state index in [9.17, 15) is 18.8 Å². The first-order valence-corrected chi connectivity index (χ1v) is 8.92. The van der Waals surface area contributed by atoms with Crippen molar-refractivity contribution in [3.05, 3.63) is 34.6 Å². The third-order valence-electron chi connectivity index (χ3n) is 5.35. The Morgan fingerprint density at radius 1 is 1.15 bits per heavy atom. The summed E-state index contributed by atoms with van der Waals surface area (Å²) in [4.78, 5) is 39.9. The molecule has 0 aliphatic carbocycles. The zero-order valence-corrected chi connectivity index (χ0v) is 14.4. The van der Waals surface area contributed by atoms with Crippen LogP contribution in [-0.2, 0) is 22.7 Å². The highest BCUT2D eigenvalue weighted by Gasteiger charge is 2.41. The molecule has 0 radical (unpaired) electrons. The summed E-state index contributed by atoms with van der Waals surface area (Å²) >= 11 is 0. The molecule has 138 valence electrons. The molecule has 3 heterocycles. The lowest BCUT2D eigenvalue weighted by Gasteiger charge is -2.29. The van der Waals surface area contributed by atoms with Gasteiger partial charge in [-0.05, 0) is 23.6 Å². The van der Waals surface area contributed by atoms with Gasteiger partial charge in [0.25, 0.3) is 5.91 Å². The average molecular weight is 360 g/mol. The molecule has 1 unspecified atom stereocenters. The third kappa shape index (κ3) is 2.99. The maximum atomic E-state index is 14.4. The molecule has 4 rings (SSSR count). The van der Waals surface area contributed by atoms with E-state index in [1.54, 1.807) is 6.07 Å². The Labute approximate surface area is 150 Å². The van der Waals surface area contributed by atoms with E-state index in [0.717, 1.165) is 31.7 Å². The predicted octanol–water partition coefficient (Wildman–Crippen LogP) is -0.00810. The lowest BCUT2D eigenvalue weighted by Crippen LogP contribution is -2.52. The minimum absolute atomic E-state index is 0.0716. The van der Waals surface area contributed by atoms with E-state index in [1.807, 2.05) is 0 Å². The number of rotatable bonds is 3. The number of hydrogen-bond donors (Lipinski definition) is 2. The number of benzene rings is 1. The highest BCUT2D eigenvalue weighted by molar-refractivity contribution is 6.05. The second-order valence-corrected chi connectivity index (χ2v) is 6.99. The van der Waals surface area contributed by atoms with E-state index in [4.69, 9.17) is 0 Å². The van der Waals surface area contributed by atoms with Crippen LogP contribution in [0.1, 0.15) is 34.3 Å². The Morgan fingerprint density at radius 2 is 1.92 bits per heavy atom. The molecule has 2 N–H and O–H groups in total. The first kappa shape index (κ1) is 17.1. The van der Waals surface area contributed by atoms with Gasteiger partial charge in [-0.15, -0.1) is 0 Å². The van der Waals surface area contributed by atoms with Gasteiger partial charge >= 0.3 is 0 Å². The summed E-state index contributed by atoms with van der Waals surface area (Å²) < 4.78 is 14.4. The number of amides is 3. The summed E-state index contributed by atoms with van der Waals surface area (Å²) in [6, 6.07) is 2.35. The van der Waals surface area contributed by atoms with Crippen LogP contribution in [0.4, 0.5) is 4.39 Å². The van der Waals surface area contributed by atoms with Gasteiger partial charge in [0.05, 0.1) is 5.56 Å². The molecule has 3 aliphatic rings. The van der Waals surface area contributed by atoms with Crippen molar-refractivity contribution < 1.29 is 18.8 Å². The molecular formula is C18H21FN4O3. The fourth-order valence-electron chi connectivity index (χ4n) is 3.95. The Kier molecular flexibility index (Phi) is 4.46. The molecule has 1 aromatic rings. The van der Waals surface area contributed by atoms with E-state index < -0.39 is 23.7 Å². The first-order valence-electron chi connectivity index (χ1n) is 8.92. The van der Waals surface area contributed by atoms with Gasteiger partial charge in [0.15, 0.2) is 0 Å². The second-order valence-electron chi connectivity index (χ2n) is 6.99. The summed E-state index contributed by atoms with van der Waals surface area (Å²) in [5.74, 6) is -1.83. The van der Waals surface area contributed by atoms with Crippen molar-refractivity contribution in [2.45, 2.75) is 32.0 Å². The number of piperidine rings is 1. The molecule has 3 amide bonds. The molecule has 0 saturated carbocycles. The zero-order valence-electron chi connectivity index (χ0n) is 14.4. The monoisotopic (exact) mass is 360 g/mol. The molecule has 0 bridgehead atoms. The number of nitrogens with one attached hydrogen (secondary N) is 2. The number of carbonyl (C=O) groups excluding carboxylic acids is 3. The first-order chi connectivity index (χ1) is 12.5. The van der Waals surface area contributed by atoms with Gasteiger partial charge in [-0.3, -0.25) is 24.6 Å². The van der Waals surface area contributed by atoms with Crippen molar-refractivity contribution >= 4 is 17.7 Å². The lowest BCUT2D eigenvalue weighted by atomic mass is 10.0. The maximum Gasteiger partial charge on any atom is 0.258 e. The van der Waals surface area contributed by atoms with Crippen LogP contribution in [0, 0.1) is 5.82 Å². The van der Waals surface area contributed by atoms with Gasteiger partial charge in [-0.25, -0.2) is 4.39 Å². The van der Waals surface area contributed by atoms with Crippen LogP contribution >= 0.6 is 0 Å². The summed E-state index contributed by atoms with van der Waals surface area (Å²) in [5, 5.41) is 5.56. The predicted molar refractivity (Wildman–Crippen MR) is 90.6 cm³/mol. The van der Waals surface area contributed by atoms with E-state index in [1.165, 1.54) is 11.0 Å². The molecule has 8 heteroatoms. The van der Waals surface area contributed by atoms with Crippen molar-refractivity contribution in [2.75, 3.05) is 26.2 Å². The van der Waals surface area contributed by atoms with Crippen molar-refractivity contribution in [3.63, 3.8) is 0 Å². The van der Waals surface area contributed by atoms with Crippen molar-refractivity contribution in [3.8, 4) is 0 Å². The minimum atomic E-state index is -0.723. The molecule has 7 nitrogen and oxygen atoms in total. The van der Waals surface area contributed by atoms with Crippen LogP contribution in [0.25, 0.3) is 0 Å². The Hall–Kier alpha value is -2.32. The van der Waals surface area contributed by atoms with Crippen LogP contribution in [0.5, 0.6) is 0 Å². The highest BCUT2D eigenvalue weighted by Crippen LogP contribution is 2.32. The van der Waals surface area contributed by atoms with E-state index in [-0.39, 0.29) is 30.9 Å². The lowest BCUT2D eigenvalue weighted by molar-refractivity contribution is -0.136. The summed E-state index contributed by atoms with van der Waals surface area (Å²) in [7, 11) is 0. The van der Waals surface area contributed by atoms with E-state index >= 15 is 0 Å². The number of fused-ring (bicyclic) bond motifs is 1. The number of halogens is 1. The smallest absolute Gasteiger partial charge is 0.258 e. The Balaban J connectivity index is 1.60. The summed E-state index contributed by atoms with van der Waals surface area (Å²) in [5.41, 5.74) is 1.66. The molecule has 0 aromatic heterocycles. The summed E-state index contributed by atoms with van der Waals surface area (Å²) in [6.45, 7) is 4.48. The molecule has 3 aliphatic heterocycles.